The maximum absolute atomic E-state index is 13.3. The third-order valence-corrected chi connectivity index (χ3v) is 7.54. The maximum Gasteiger partial charge on any atom is 0.243 e. The van der Waals surface area contributed by atoms with Gasteiger partial charge in [-0.15, -0.1) is 5.10 Å². The van der Waals surface area contributed by atoms with E-state index in [-0.39, 0.29) is 16.8 Å². The van der Waals surface area contributed by atoms with Crippen LogP contribution in [-0.4, -0.2) is 46.2 Å². The number of hydrogen-bond donors (Lipinski definition) is 1. The van der Waals surface area contributed by atoms with Crippen LogP contribution >= 0.6 is 0 Å². The highest BCUT2D eigenvalue weighted by Gasteiger charge is 2.39. The van der Waals surface area contributed by atoms with Crippen LogP contribution in [0, 0.1) is 6.92 Å². The van der Waals surface area contributed by atoms with E-state index in [1.807, 2.05) is 45.0 Å². The predicted molar refractivity (Wildman–Crippen MR) is 118 cm³/mol. The Kier molecular flexibility index (Phi) is 5.81. The number of sulfonamides is 1. The van der Waals surface area contributed by atoms with E-state index in [0.717, 1.165) is 16.6 Å². The molecule has 0 spiro atoms. The largest absolute Gasteiger partial charge is 0.351 e. The van der Waals surface area contributed by atoms with E-state index in [4.69, 9.17) is 0 Å². The molecule has 4 rings (SSSR count). The van der Waals surface area contributed by atoms with Gasteiger partial charge in [0, 0.05) is 19.1 Å². The minimum absolute atomic E-state index is 0.118. The Morgan fingerprint density at radius 1 is 1.19 bits per heavy atom. The monoisotopic (exact) mass is 441 g/mol. The number of nitrogens with one attached hydrogen (secondary N) is 1. The number of carbonyl (C=O) groups is 1. The van der Waals surface area contributed by atoms with Crippen molar-refractivity contribution in [3.8, 4) is 0 Å². The third kappa shape index (κ3) is 4.20. The Balaban J connectivity index is 1.53. The van der Waals surface area contributed by atoms with Crippen LogP contribution in [0.3, 0.4) is 0 Å². The molecule has 0 saturated carbocycles. The van der Waals surface area contributed by atoms with Gasteiger partial charge in [-0.05, 0) is 57.4 Å². The normalized spacial score (nSPS) is 17.5. The molecule has 1 aromatic heterocycles. The number of carbonyl (C=O) groups excluding carboxylic acids is 1. The van der Waals surface area contributed by atoms with E-state index >= 15 is 0 Å². The Hall–Kier alpha value is -2.78. The van der Waals surface area contributed by atoms with Crippen LogP contribution in [-0.2, 0) is 21.4 Å². The number of aromatic nitrogens is 3. The first-order valence-electron chi connectivity index (χ1n) is 10.5. The molecule has 31 heavy (non-hydrogen) atoms. The molecule has 1 unspecified atom stereocenters. The SMILES string of the molecule is Cc1ccc(CNC(=O)C2CCCN2S(=O)(=O)c2ccc3c(c2)nnn3C(C)C)cc1. The van der Waals surface area contributed by atoms with E-state index in [9.17, 15) is 13.2 Å². The van der Waals surface area contributed by atoms with E-state index < -0.39 is 16.1 Å². The molecular weight excluding hydrogens is 414 g/mol. The van der Waals surface area contributed by atoms with Crippen molar-refractivity contribution in [1.82, 2.24) is 24.6 Å². The first-order valence-corrected chi connectivity index (χ1v) is 11.9. The van der Waals surface area contributed by atoms with Gasteiger partial charge in [-0.2, -0.15) is 4.31 Å². The molecule has 0 bridgehead atoms. The Bertz CT molecular complexity index is 1200. The molecule has 1 amide bonds. The summed E-state index contributed by atoms with van der Waals surface area (Å²) >= 11 is 0. The minimum atomic E-state index is -3.83. The minimum Gasteiger partial charge on any atom is -0.351 e. The van der Waals surface area contributed by atoms with Gasteiger partial charge >= 0.3 is 0 Å². The third-order valence-electron chi connectivity index (χ3n) is 5.63. The molecular formula is C22H27N5O3S. The van der Waals surface area contributed by atoms with Crippen molar-refractivity contribution in [2.75, 3.05) is 6.54 Å². The van der Waals surface area contributed by atoms with Gasteiger partial charge in [0.2, 0.25) is 15.9 Å². The molecule has 2 heterocycles. The lowest BCUT2D eigenvalue weighted by Crippen LogP contribution is -2.45. The summed E-state index contributed by atoms with van der Waals surface area (Å²) in [6.07, 6.45) is 1.15. The second kappa shape index (κ2) is 8.39. The van der Waals surface area contributed by atoms with Crippen LogP contribution < -0.4 is 5.32 Å². The van der Waals surface area contributed by atoms with Gasteiger partial charge in [-0.25, -0.2) is 13.1 Å². The van der Waals surface area contributed by atoms with Crippen molar-refractivity contribution in [1.29, 1.82) is 0 Å². The second-order valence-corrected chi connectivity index (χ2v) is 10.1. The number of benzene rings is 2. The zero-order chi connectivity index (χ0) is 22.2. The lowest BCUT2D eigenvalue weighted by Gasteiger charge is -2.23. The number of fused-ring (bicyclic) bond motifs is 1. The van der Waals surface area contributed by atoms with E-state index in [1.165, 1.54) is 10.4 Å². The summed E-state index contributed by atoms with van der Waals surface area (Å²) in [5.41, 5.74) is 3.43. The molecule has 1 aliphatic rings. The molecule has 1 atom stereocenters. The summed E-state index contributed by atoms with van der Waals surface area (Å²) in [6.45, 7) is 6.67. The number of rotatable bonds is 6. The Labute approximate surface area is 182 Å². The molecule has 9 heteroatoms. The van der Waals surface area contributed by atoms with Crippen molar-refractivity contribution in [2.45, 2.75) is 57.1 Å². The van der Waals surface area contributed by atoms with Crippen molar-refractivity contribution < 1.29 is 13.2 Å². The number of nitrogens with zero attached hydrogens (tertiary/aromatic N) is 4. The van der Waals surface area contributed by atoms with Gasteiger partial charge in [0.1, 0.15) is 11.6 Å². The van der Waals surface area contributed by atoms with Gasteiger partial charge in [-0.1, -0.05) is 35.0 Å². The summed E-state index contributed by atoms with van der Waals surface area (Å²) < 4.78 is 29.7. The highest BCUT2D eigenvalue weighted by atomic mass is 32.2. The molecule has 0 radical (unpaired) electrons. The van der Waals surface area contributed by atoms with Gasteiger partial charge in [0.25, 0.3) is 0 Å². The van der Waals surface area contributed by atoms with Crippen LogP contribution in [0.1, 0.15) is 43.9 Å². The predicted octanol–water partition coefficient (Wildman–Crippen LogP) is 2.79. The van der Waals surface area contributed by atoms with Gasteiger partial charge in [0.05, 0.1) is 10.4 Å². The van der Waals surface area contributed by atoms with Crippen molar-refractivity contribution >= 4 is 27.0 Å². The molecule has 1 saturated heterocycles. The average Bonchev–Trinajstić information content (AvgIpc) is 3.40. The topological polar surface area (TPSA) is 97.2 Å². The molecule has 164 valence electrons. The zero-order valence-electron chi connectivity index (χ0n) is 17.9. The van der Waals surface area contributed by atoms with E-state index in [1.54, 1.807) is 16.8 Å². The lowest BCUT2D eigenvalue weighted by molar-refractivity contribution is -0.124. The van der Waals surface area contributed by atoms with Crippen LogP contribution in [0.15, 0.2) is 47.4 Å². The number of hydrogen-bond acceptors (Lipinski definition) is 5. The average molecular weight is 442 g/mol. The van der Waals surface area contributed by atoms with Crippen LogP contribution in [0.5, 0.6) is 0 Å². The zero-order valence-corrected chi connectivity index (χ0v) is 18.8. The molecule has 1 aliphatic heterocycles. The lowest BCUT2D eigenvalue weighted by atomic mass is 10.1. The highest BCUT2D eigenvalue weighted by molar-refractivity contribution is 7.89. The summed E-state index contributed by atoms with van der Waals surface area (Å²) in [6, 6.07) is 12.1. The Morgan fingerprint density at radius 3 is 2.65 bits per heavy atom. The Morgan fingerprint density at radius 2 is 1.94 bits per heavy atom. The van der Waals surface area contributed by atoms with Crippen LogP contribution in [0.4, 0.5) is 0 Å². The molecule has 1 N–H and O–H groups in total. The number of aryl methyl sites for hydroxylation is 1. The standard InChI is InChI=1S/C22H27N5O3S/c1-15(2)27-20-11-10-18(13-19(20)24-25-27)31(29,30)26-12-4-5-21(26)22(28)23-14-17-8-6-16(3)7-9-17/h6-11,13,15,21H,4-5,12,14H2,1-3H3,(H,23,28). The maximum atomic E-state index is 13.3. The first-order chi connectivity index (χ1) is 14.8. The van der Waals surface area contributed by atoms with Crippen LogP contribution in [0.2, 0.25) is 0 Å². The quantitative estimate of drug-likeness (QED) is 0.634. The molecule has 2 aromatic carbocycles. The summed E-state index contributed by atoms with van der Waals surface area (Å²) in [5.74, 6) is -0.270. The fourth-order valence-corrected chi connectivity index (χ4v) is 5.58. The van der Waals surface area contributed by atoms with E-state index in [2.05, 4.69) is 15.6 Å². The van der Waals surface area contributed by atoms with E-state index in [0.29, 0.717) is 31.4 Å². The van der Waals surface area contributed by atoms with Crippen LogP contribution in [0.25, 0.3) is 11.0 Å². The first kappa shape index (κ1) is 21.5. The molecule has 0 aliphatic carbocycles. The van der Waals surface area contributed by atoms with Gasteiger partial charge < -0.3 is 5.32 Å². The summed E-state index contributed by atoms with van der Waals surface area (Å²) in [4.78, 5) is 13.0. The fraction of sp³-hybridized carbons (Fsp3) is 0.409. The van der Waals surface area contributed by atoms with Gasteiger partial charge in [0.15, 0.2) is 0 Å². The van der Waals surface area contributed by atoms with Gasteiger partial charge in [-0.3, -0.25) is 4.79 Å². The second-order valence-electron chi connectivity index (χ2n) is 8.26. The highest BCUT2D eigenvalue weighted by Crippen LogP contribution is 2.28. The fourth-order valence-electron chi connectivity index (χ4n) is 3.90. The summed E-state index contributed by atoms with van der Waals surface area (Å²) in [5, 5.41) is 11.1. The molecule has 8 nitrogen and oxygen atoms in total. The van der Waals surface area contributed by atoms with Crippen molar-refractivity contribution in [2.24, 2.45) is 0 Å². The smallest absolute Gasteiger partial charge is 0.243 e. The molecule has 3 aromatic rings. The van der Waals surface area contributed by atoms with Crippen molar-refractivity contribution in [3.05, 3.63) is 53.6 Å². The summed E-state index contributed by atoms with van der Waals surface area (Å²) in [7, 11) is -3.83. The molecule has 1 fully saturated rings. The van der Waals surface area contributed by atoms with Crippen molar-refractivity contribution in [3.63, 3.8) is 0 Å². The number of amides is 1.